The number of halogens is 1. The van der Waals surface area contributed by atoms with Crippen molar-refractivity contribution in [1.82, 2.24) is 14.8 Å². The largest absolute Gasteiger partial charge is 0.502 e. The molecule has 1 saturated carbocycles. The lowest BCUT2D eigenvalue weighted by Crippen LogP contribution is -2.02. The van der Waals surface area contributed by atoms with Gasteiger partial charge in [0.2, 0.25) is 5.43 Å². The zero-order valence-corrected chi connectivity index (χ0v) is 13.9. The highest BCUT2D eigenvalue weighted by molar-refractivity contribution is 7.98. The van der Waals surface area contributed by atoms with Gasteiger partial charge in [0.05, 0.1) is 11.3 Å². The van der Waals surface area contributed by atoms with Crippen molar-refractivity contribution in [2.45, 2.75) is 29.8 Å². The van der Waals surface area contributed by atoms with Crippen LogP contribution in [0, 0.1) is 5.82 Å². The molecule has 1 aliphatic rings. The molecule has 0 aliphatic heterocycles. The first kappa shape index (κ1) is 15.9. The number of nitrogens with zero attached hydrogens (tertiary/aromatic N) is 3. The fourth-order valence-electron chi connectivity index (χ4n) is 2.52. The Morgan fingerprint density at radius 2 is 2.12 bits per heavy atom. The van der Waals surface area contributed by atoms with Crippen LogP contribution in [0.3, 0.4) is 0 Å². The first-order valence-electron chi connectivity index (χ1n) is 7.77. The molecule has 2 aromatic heterocycles. The molecule has 0 saturated heterocycles. The van der Waals surface area contributed by atoms with Crippen molar-refractivity contribution in [1.29, 1.82) is 0 Å². The van der Waals surface area contributed by atoms with Gasteiger partial charge in [0, 0.05) is 12.1 Å². The van der Waals surface area contributed by atoms with Gasteiger partial charge in [0.25, 0.3) is 0 Å². The molecule has 0 amide bonds. The highest BCUT2D eigenvalue weighted by Gasteiger charge is 2.31. The molecule has 3 aromatic rings. The molecule has 4 rings (SSSR count). The number of thioether (sulfide) groups is 1. The SMILES string of the molecule is O=c1cc(CSc2nnc(-c3ccccc3F)n2C2CC2)occ1O. The molecule has 1 aromatic carbocycles. The Kier molecular flexibility index (Phi) is 4.04. The topological polar surface area (TPSA) is 81.2 Å². The second-order valence-electron chi connectivity index (χ2n) is 5.77. The van der Waals surface area contributed by atoms with Gasteiger partial charge in [-0.05, 0) is 25.0 Å². The minimum absolute atomic E-state index is 0.263. The molecule has 25 heavy (non-hydrogen) atoms. The van der Waals surface area contributed by atoms with Crippen LogP contribution in [0.2, 0.25) is 0 Å². The normalized spacial score (nSPS) is 14.0. The number of rotatable bonds is 5. The number of aromatic nitrogens is 3. The van der Waals surface area contributed by atoms with Crippen LogP contribution in [-0.4, -0.2) is 19.9 Å². The maximum absolute atomic E-state index is 14.1. The Morgan fingerprint density at radius 1 is 1.32 bits per heavy atom. The van der Waals surface area contributed by atoms with Crippen LogP contribution in [0.15, 0.2) is 51.0 Å². The van der Waals surface area contributed by atoms with Crippen molar-refractivity contribution >= 4 is 11.8 Å². The monoisotopic (exact) mass is 359 g/mol. The predicted octanol–water partition coefficient (Wildman–Crippen LogP) is 3.37. The van der Waals surface area contributed by atoms with Crippen molar-refractivity contribution in [3.8, 4) is 17.1 Å². The zero-order valence-electron chi connectivity index (χ0n) is 13.1. The summed E-state index contributed by atoms with van der Waals surface area (Å²) in [6, 6.07) is 8.00. The highest BCUT2D eigenvalue weighted by Crippen LogP contribution is 2.41. The first-order chi connectivity index (χ1) is 12.1. The maximum atomic E-state index is 14.1. The van der Waals surface area contributed by atoms with Crippen molar-refractivity contribution in [2.24, 2.45) is 0 Å². The molecule has 2 heterocycles. The molecule has 128 valence electrons. The van der Waals surface area contributed by atoms with Gasteiger partial charge in [-0.1, -0.05) is 23.9 Å². The fraction of sp³-hybridized carbons (Fsp3) is 0.235. The van der Waals surface area contributed by atoms with Crippen molar-refractivity contribution in [3.63, 3.8) is 0 Å². The Bertz CT molecular complexity index is 981. The third kappa shape index (κ3) is 3.17. The molecule has 8 heteroatoms. The van der Waals surface area contributed by atoms with Crippen LogP contribution in [0.25, 0.3) is 11.4 Å². The van der Waals surface area contributed by atoms with Gasteiger partial charge in [-0.15, -0.1) is 10.2 Å². The van der Waals surface area contributed by atoms with Crippen molar-refractivity contribution in [2.75, 3.05) is 0 Å². The van der Waals surface area contributed by atoms with Crippen LogP contribution < -0.4 is 5.43 Å². The minimum Gasteiger partial charge on any atom is -0.502 e. The van der Waals surface area contributed by atoms with Crippen LogP contribution in [0.1, 0.15) is 24.6 Å². The van der Waals surface area contributed by atoms with Crippen molar-refractivity contribution < 1.29 is 13.9 Å². The minimum atomic E-state index is -0.488. The summed E-state index contributed by atoms with van der Waals surface area (Å²) in [7, 11) is 0. The van der Waals surface area contributed by atoms with E-state index < -0.39 is 11.2 Å². The number of hydrogen-bond acceptors (Lipinski definition) is 6. The molecular weight excluding hydrogens is 345 g/mol. The molecule has 6 nitrogen and oxygen atoms in total. The standard InChI is InChI=1S/C17H14FN3O3S/c18-13-4-2-1-3-12(13)16-19-20-17(21(16)10-5-6-10)25-9-11-7-14(22)15(23)8-24-11/h1-4,7-8,10,23H,5-6,9H2. The van der Waals surface area contributed by atoms with Crippen LogP contribution in [0.4, 0.5) is 4.39 Å². The lowest BCUT2D eigenvalue weighted by atomic mass is 10.2. The van der Waals surface area contributed by atoms with E-state index in [0.29, 0.717) is 28.1 Å². The van der Waals surface area contributed by atoms with E-state index >= 15 is 0 Å². The van der Waals surface area contributed by atoms with Crippen LogP contribution in [0.5, 0.6) is 5.75 Å². The lowest BCUT2D eigenvalue weighted by Gasteiger charge is -2.09. The Morgan fingerprint density at radius 3 is 2.84 bits per heavy atom. The van der Waals surface area contributed by atoms with Gasteiger partial charge in [0.15, 0.2) is 16.7 Å². The molecular formula is C17H14FN3O3S. The van der Waals surface area contributed by atoms with Gasteiger partial charge in [-0.3, -0.25) is 9.36 Å². The summed E-state index contributed by atoms with van der Waals surface area (Å²) in [5, 5.41) is 18.2. The maximum Gasteiger partial charge on any atom is 0.226 e. The average molecular weight is 359 g/mol. The summed E-state index contributed by atoms with van der Waals surface area (Å²) < 4.78 is 21.3. The Balaban J connectivity index is 1.63. The van der Waals surface area contributed by atoms with Gasteiger partial charge < -0.3 is 9.52 Å². The zero-order chi connectivity index (χ0) is 17.4. The summed E-state index contributed by atoms with van der Waals surface area (Å²) in [5.74, 6) is 0.535. The molecule has 0 bridgehead atoms. The second kappa shape index (κ2) is 6.36. The molecule has 1 fully saturated rings. The summed E-state index contributed by atoms with van der Waals surface area (Å²) in [5.41, 5.74) is -0.0672. The number of aromatic hydroxyl groups is 1. The molecule has 0 radical (unpaired) electrons. The van der Waals surface area contributed by atoms with E-state index in [9.17, 15) is 14.3 Å². The molecule has 1 N–H and O–H groups in total. The Hall–Kier alpha value is -2.61. The fourth-order valence-corrected chi connectivity index (χ4v) is 3.41. The van der Waals surface area contributed by atoms with E-state index in [1.807, 2.05) is 4.57 Å². The molecule has 0 atom stereocenters. The second-order valence-corrected chi connectivity index (χ2v) is 6.71. The smallest absolute Gasteiger partial charge is 0.226 e. The van der Waals surface area contributed by atoms with Crippen LogP contribution in [-0.2, 0) is 5.75 Å². The number of benzene rings is 1. The van der Waals surface area contributed by atoms with Gasteiger partial charge in [-0.2, -0.15) is 0 Å². The quantitative estimate of drug-likeness (QED) is 0.704. The molecule has 0 spiro atoms. The highest BCUT2D eigenvalue weighted by atomic mass is 32.2. The Labute approximate surface area is 146 Å². The third-order valence-corrected chi connectivity index (χ3v) is 4.87. The van der Waals surface area contributed by atoms with Crippen molar-refractivity contribution in [3.05, 3.63) is 58.4 Å². The van der Waals surface area contributed by atoms with Gasteiger partial charge in [-0.25, -0.2) is 4.39 Å². The predicted molar refractivity (Wildman–Crippen MR) is 89.9 cm³/mol. The van der Waals surface area contributed by atoms with E-state index in [-0.39, 0.29) is 11.9 Å². The van der Waals surface area contributed by atoms with Gasteiger partial charge >= 0.3 is 0 Å². The summed E-state index contributed by atoms with van der Waals surface area (Å²) >= 11 is 1.36. The van der Waals surface area contributed by atoms with E-state index in [1.165, 1.54) is 23.9 Å². The third-order valence-electron chi connectivity index (χ3n) is 3.90. The average Bonchev–Trinajstić information content (AvgIpc) is 3.36. The summed E-state index contributed by atoms with van der Waals surface area (Å²) in [6.45, 7) is 0. The molecule has 0 unspecified atom stereocenters. The van der Waals surface area contributed by atoms with E-state index in [1.54, 1.807) is 18.2 Å². The van der Waals surface area contributed by atoms with Gasteiger partial charge in [0.1, 0.15) is 17.8 Å². The van der Waals surface area contributed by atoms with Crippen LogP contribution >= 0.6 is 11.8 Å². The van der Waals surface area contributed by atoms with E-state index in [0.717, 1.165) is 19.1 Å². The molecule has 1 aliphatic carbocycles. The van der Waals surface area contributed by atoms with E-state index in [4.69, 9.17) is 4.42 Å². The summed E-state index contributed by atoms with van der Waals surface area (Å²) in [4.78, 5) is 11.5. The van der Waals surface area contributed by atoms with E-state index in [2.05, 4.69) is 10.2 Å². The lowest BCUT2D eigenvalue weighted by molar-refractivity contribution is 0.419. The summed E-state index contributed by atoms with van der Waals surface area (Å²) in [6.07, 6.45) is 3.03. The first-order valence-corrected chi connectivity index (χ1v) is 8.75. The number of hydrogen-bond donors (Lipinski definition) is 1.